The van der Waals surface area contributed by atoms with Gasteiger partial charge in [0.15, 0.2) is 17.3 Å². The van der Waals surface area contributed by atoms with E-state index >= 15 is 0 Å². The average Bonchev–Trinajstić information content (AvgIpc) is 2.98. The number of benzene rings is 2. The van der Waals surface area contributed by atoms with Crippen LogP contribution in [0.4, 0.5) is 22.0 Å². The fraction of sp³-hybridized carbons (Fsp3) is 0.414. The molecular formula is C29H35FN6O2. The molecule has 2 saturated heterocycles. The van der Waals surface area contributed by atoms with E-state index in [1.54, 1.807) is 37.6 Å². The summed E-state index contributed by atoms with van der Waals surface area (Å²) in [4.78, 5) is 14.3. The van der Waals surface area contributed by atoms with Gasteiger partial charge in [0.1, 0.15) is 18.2 Å². The second-order valence-corrected chi connectivity index (χ2v) is 9.67. The van der Waals surface area contributed by atoms with Gasteiger partial charge >= 0.3 is 0 Å². The van der Waals surface area contributed by atoms with Crippen molar-refractivity contribution < 1.29 is 13.9 Å². The molecule has 0 bridgehead atoms. The molecule has 2 fully saturated rings. The molecule has 0 amide bonds. The molecule has 0 atom stereocenters. The first kappa shape index (κ1) is 25.8. The number of ether oxygens (including phenoxy) is 2. The Morgan fingerprint density at radius 3 is 2.37 bits per heavy atom. The van der Waals surface area contributed by atoms with E-state index in [-0.39, 0.29) is 12.4 Å². The van der Waals surface area contributed by atoms with Gasteiger partial charge in [-0.3, -0.25) is 5.43 Å². The van der Waals surface area contributed by atoms with Crippen LogP contribution in [0.5, 0.6) is 11.5 Å². The Bertz CT molecular complexity index is 1210. The highest BCUT2D eigenvalue weighted by molar-refractivity contribution is 5.81. The summed E-state index contributed by atoms with van der Waals surface area (Å²) in [5.41, 5.74) is 4.42. The highest BCUT2D eigenvalue weighted by Crippen LogP contribution is 2.29. The maximum absolute atomic E-state index is 13.9. The Hall–Kier alpha value is -3.88. The summed E-state index contributed by atoms with van der Waals surface area (Å²) < 4.78 is 25.2. The van der Waals surface area contributed by atoms with Crippen LogP contribution >= 0.6 is 0 Å². The van der Waals surface area contributed by atoms with E-state index in [1.807, 2.05) is 18.2 Å². The minimum atomic E-state index is -0.294. The van der Waals surface area contributed by atoms with Gasteiger partial charge in [-0.15, -0.1) is 0 Å². The van der Waals surface area contributed by atoms with Gasteiger partial charge in [0.05, 0.1) is 13.3 Å². The van der Waals surface area contributed by atoms with Crippen LogP contribution in [0.1, 0.15) is 49.7 Å². The van der Waals surface area contributed by atoms with Crippen molar-refractivity contribution in [3.05, 3.63) is 65.5 Å². The number of halogens is 1. The lowest BCUT2D eigenvalue weighted by Gasteiger charge is -2.31. The van der Waals surface area contributed by atoms with Gasteiger partial charge in [0.25, 0.3) is 0 Å². The normalized spacial score (nSPS) is 16.1. The zero-order valence-electron chi connectivity index (χ0n) is 21.9. The van der Waals surface area contributed by atoms with E-state index in [9.17, 15) is 4.39 Å². The maximum Gasteiger partial charge on any atom is 0.229 e. The Morgan fingerprint density at radius 1 is 0.895 bits per heavy atom. The number of aromatic nitrogens is 2. The monoisotopic (exact) mass is 518 g/mol. The summed E-state index contributed by atoms with van der Waals surface area (Å²) in [5, 5.41) is 4.45. The van der Waals surface area contributed by atoms with Crippen molar-refractivity contribution in [1.29, 1.82) is 0 Å². The van der Waals surface area contributed by atoms with Gasteiger partial charge in [-0.25, -0.2) is 4.39 Å². The lowest BCUT2D eigenvalue weighted by molar-refractivity contribution is 0.279. The standard InChI is InChI=1S/C29H35FN6O2/c1-37-26-18-22(12-13-25(26)38-21-23-10-4-5-11-24(23)30)20-31-34-27-19-28(35-14-6-2-7-15-35)33-29(32-27)36-16-8-3-9-17-36/h4-5,10-13,18-20H,2-3,6-9,14-17,21H2,1H3,(H,32,33,34)/b31-20-. The molecule has 3 heterocycles. The minimum absolute atomic E-state index is 0.116. The lowest BCUT2D eigenvalue weighted by Crippen LogP contribution is -2.33. The van der Waals surface area contributed by atoms with Crippen LogP contribution in [0.15, 0.2) is 53.6 Å². The van der Waals surface area contributed by atoms with E-state index in [2.05, 4.69) is 20.3 Å². The van der Waals surface area contributed by atoms with Crippen molar-refractivity contribution in [3.63, 3.8) is 0 Å². The summed E-state index contributed by atoms with van der Waals surface area (Å²) in [5.74, 6) is 3.19. The zero-order valence-corrected chi connectivity index (χ0v) is 21.9. The number of methoxy groups -OCH3 is 1. The number of hydrogen-bond acceptors (Lipinski definition) is 8. The highest BCUT2D eigenvalue weighted by Gasteiger charge is 2.19. The smallest absolute Gasteiger partial charge is 0.229 e. The van der Waals surface area contributed by atoms with Crippen LogP contribution in [-0.4, -0.2) is 49.5 Å². The minimum Gasteiger partial charge on any atom is -0.493 e. The first-order valence-corrected chi connectivity index (χ1v) is 13.4. The molecule has 2 aliphatic rings. The Kier molecular flexibility index (Phi) is 8.53. The van der Waals surface area contributed by atoms with Crippen molar-refractivity contribution >= 4 is 23.8 Å². The van der Waals surface area contributed by atoms with Crippen molar-refractivity contribution in [1.82, 2.24) is 9.97 Å². The molecule has 1 aromatic heterocycles. The van der Waals surface area contributed by atoms with Gasteiger partial charge < -0.3 is 19.3 Å². The Balaban J connectivity index is 1.29. The fourth-order valence-electron chi connectivity index (χ4n) is 4.83. The van der Waals surface area contributed by atoms with E-state index in [0.29, 0.717) is 22.9 Å². The molecule has 2 aromatic carbocycles. The molecule has 5 rings (SSSR count). The third-order valence-corrected chi connectivity index (χ3v) is 6.94. The summed E-state index contributed by atoms with van der Waals surface area (Å²) in [6.07, 6.45) is 8.95. The molecule has 0 unspecified atom stereocenters. The Morgan fingerprint density at radius 2 is 1.63 bits per heavy atom. The number of nitrogens with one attached hydrogen (secondary N) is 1. The van der Waals surface area contributed by atoms with Crippen LogP contribution in [0.25, 0.3) is 0 Å². The predicted molar refractivity (Wildman–Crippen MR) is 149 cm³/mol. The SMILES string of the molecule is COc1cc(/C=N\Nc2cc(N3CCCCC3)nc(N3CCCCC3)n2)ccc1OCc1ccccc1F. The van der Waals surface area contributed by atoms with Crippen LogP contribution in [0.3, 0.4) is 0 Å². The van der Waals surface area contributed by atoms with Crippen molar-refractivity contribution in [2.75, 3.05) is 48.5 Å². The number of piperidine rings is 2. The molecule has 9 heteroatoms. The van der Waals surface area contributed by atoms with Crippen LogP contribution in [0, 0.1) is 5.82 Å². The van der Waals surface area contributed by atoms with E-state index in [4.69, 9.17) is 19.4 Å². The lowest BCUT2D eigenvalue weighted by atomic mass is 10.1. The third kappa shape index (κ3) is 6.51. The largest absolute Gasteiger partial charge is 0.493 e. The molecule has 0 saturated carbocycles. The second-order valence-electron chi connectivity index (χ2n) is 9.67. The molecular weight excluding hydrogens is 483 g/mol. The van der Waals surface area contributed by atoms with E-state index in [0.717, 1.165) is 43.5 Å². The molecule has 0 spiro atoms. The number of hydrazone groups is 1. The molecule has 1 N–H and O–H groups in total. The topological polar surface area (TPSA) is 75.1 Å². The molecule has 0 radical (unpaired) electrons. The Labute approximate surface area is 223 Å². The van der Waals surface area contributed by atoms with Crippen LogP contribution in [0.2, 0.25) is 0 Å². The summed E-state index contributed by atoms with van der Waals surface area (Å²) in [6, 6.07) is 14.1. The zero-order chi connectivity index (χ0) is 26.2. The molecule has 200 valence electrons. The van der Waals surface area contributed by atoms with E-state index < -0.39 is 0 Å². The van der Waals surface area contributed by atoms with Gasteiger partial charge in [-0.2, -0.15) is 15.1 Å². The fourth-order valence-corrected chi connectivity index (χ4v) is 4.83. The average molecular weight is 519 g/mol. The molecule has 2 aliphatic heterocycles. The molecule has 38 heavy (non-hydrogen) atoms. The van der Waals surface area contributed by atoms with Crippen molar-refractivity contribution in [2.24, 2.45) is 5.10 Å². The van der Waals surface area contributed by atoms with Gasteiger partial charge in [-0.1, -0.05) is 18.2 Å². The second kappa shape index (κ2) is 12.6. The van der Waals surface area contributed by atoms with E-state index in [1.165, 1.54) is 44.6 Å². The number of rotatable bonds is 9. The van der Waals surface area contributed by atoms with Crippen molar-refractivity contribution in [2.45, 2.75) is 45.1 Å². The summed E-state index contributed by atoms with van der Waals surface area (Å²) >= 11 is 0. The molecule has 8 nitrogen and oxygen atoms in total. The predicted octanol–water partition coefficient (Wildman–Crippen LogP) is 5.63. The quantitative estimate of drug-likeness (QED) is 0.291. The van der Waals surface area contributed by atoms with Gasteiger partial charge in [0.2, 0.25) is 5.95 Å². The number of anilines is 3. The number of hydrogen-bond donors (Lipinski definition) is 1. The first-order chi connectivity index (χ1) is 18.7. The summed E-state index contributed by atoms with van der Waals surface area (Å²) in [7, 11) is 1.58. The third-order valence-electron chi connectivity index (χ3n) is 6.94. The first-order valence-electron chi connectivity index (χ1n) is 13.4. The van der Waals surface area contributed by atoms with Crippen molar-refractivity contribution in [3.8, 4) is 11.5 Å². The highest BCUT2D eigenvalue weighted by atomic mass is 19.1. The number of nitrogens with zero attached hydrogens (tertiary/aromatic N) is 5. The maximum atomic E-state index is 13.9. The summed E-state index contributed by atoms with van der Waals surface area (Å²) in [6.45, 7) is 4.12. The van der Waals surface area contributed by atoms with Gasteiger partial charge in [0, 0.05) is 37.8 Å². The molecule has 3 aromatic rings. The van der Waals surface area contributed by atoms with Gasteiger partial charge in [-0.05, 0) is 68.4 Å². The van der Waals surface area contributed by atoms with Crippen LogP contribution in [-0.2, 0) is 6.61 Å². The van der Waals surface area contributed by atoms with Crippen LogP contribution < -0.4 is 24.7 Å². The molecule has 0 aliphatic carbocycles.